The fraction of sp³-hybridized carbons (Fsp3) is 0.188. The van der Waals surface area contributed by atoms with Gasteiger partial charge in [-0.05, 0) is 36.4 Å². The summed E-state index contributed by atoms with van der Waals surface area (Å²) < 4.78 is 5.13. The van der Waals surface area contributed by atoms with Gasteiger partial charge in [-0.25, -0.2) is 0 Å². The summed E-state index contributed by atoms with van der Waals surface area (Å²) in [7, 11) is 1.61. The lowest BCUT2D eigenvalue weighted by atomic mass is 10.1. The van der Waals surface area contributed by atoms with E-state index in [0.29, 0.717) is 18.7 Å². The quantitative estimate of drug-likeness (QED) is 0.907. The molecule has 20 heavy (non-hydrogen) atoms. The molecule has 0 aliphatic carbocycles. The van der Waals surface area contributed by atoms with Gasteiger partial charge in [-0.1, -0.05) is 18.2 Å². The predicted octanol–water partition coefficient (Wildman–Crippen LogP) is 2.30. The van der Waals surface area contributed by atoms with Gasteiger partial charge in [-0.2, -0.15) is 0 Å². The number of anilines is 1. The zero-order chi connectivity index (χ0) is 14.4. The van der Waals surface area contributed by atoms with Crippen LogP contribution in [0, 0.1) is 0 Å². The van der Waals surface area contributed by atoms with Crippen molar-refractivity contribution in [2.45, 2.75) is 0 Å². The van der Waals surface area contributed by atoms with Gasteiger partial charge in [0, 0.05) is 24.3 Å². The first kappa shape index (κ1) is 14.1. The van der Waals surface area contributed by atoms with Gasteiger partial charge in [0.2, 0.25) is 0 Å². The minimum atomic E-state index is -0.0544. The molecule has 0 saturated heterocycles. The molecule has 2 aromatic carbocycles. The molecular formula is C16H18N2O2. The van der Waals surface area contributed by atoms with Gasteiger partial charge in [0.15, 0.2) is 0 Å². The highest BCUT2D eigenvalue weighted by atomic mass is 16.5. The molecule has 0 spiro atoms. The third kappa shape index (κ3) is 3.16. The van der Waals surface area contributed by atoms with E-state index in [1.807, 2.05) is 42.5 Å². The molecule has 4 nitrogen and oxygen atoms in total. The molecule has 0 unspecified atom stereocenters. The van der Waals surface area contributed by atoms with Crippen molar-refractivity contribution in [3.63, 3.8) is 0 Å². The Balaban J connectivity index is 2.28. The largest absolute Gasteiger partial charge is 0.497 e. The van der Waals surface area contributed by atoms with Gasteiger partial charge in [-0.15, -0.1) is 0 Å². The maximum atomic E-state index is 12.5. The van der Waals surface area contributed by atoms with Crippen LogP contribution in [0.1, 0.15) is 10.4 Å². The number of rotatable bonds is 5. The van der Waals surface area contributed by atoms with E-state index in [9.17, 15) is 4.79 Å². The molecule has 104 valence electrons. The maximum Gasteiger partial charge on any atom is 0.258 e. The monoisotopic (exact) mass is 270 g/mol. The van der Waals surface area contributed by atoms with Crippen LogP contribution in [0.15, 0.2) is 54.6 Å². The van der Waals surface area contributed by atoms with Crippen molar-refractivity contribution >= 4 is 11.6 Å². The summed E-state index contributed by atoms with van der Waals surface area (Å²) in [5.74, 6) is 0.704. The number of nitrogens with two attached hydrogens (primary N) is 1. The van der Waals surface area contributed by atoms with Gasteiger partial charge in [0.25, 0.3) is 5.91 Å². The minimum Gasteiger partial charge on any atom is -0.497 e. The molecule has 1 amide bonds. The van der Waals surface area contributed by atoms with E-state index in [1.165, 1.54) is 0 Å². The van der Waals surface area contributed by atoms with E-state index in [-0.39, 0.29) is 5.91 Å². The van der Waals surface area contributed by atoms with E-state index in [2.05, 4.69) is 0 Å². The Kier molecular flexibility index (Phi) is 4.74. The third-order valence-corrected chi connectivity index (χ3v) is 3.00. The van der Waals surface area contributed by atoms with E-state index in [0.717, 1.165) is 11.4 Å². The lowest BCUT2D eigenvalue weighted by Crippen LogP contribution is -2.35. The van der Waals surface area contributed by atoms with Crippen LogP contribution in [0.3, 0.4) is 0 Å². The summed E-state index contributed by atoms with van der Waals surface area (Å²) in [5, 5.41) is 0. The van der Waals surface area contributed by atoms with Crippen LogP contribution in [0.4, 0.5) is 5.69 Å². The highest BCUT2D eigenvalue weighted by molar-refractivity contribution is 6.06. The van der Waals surface area contributed by atoms with Crippen molar-refractivity contribution in [2.75, 3.05) is 25.1 Å². The van der Waals surface area contributed by atoms with Crippen LogP contribution in [-0.4, -0.2) is 26.1 Å². The summed E-state index contributed by atoms with van der Waals surface area (Å²) >= 11 is 0. The number of carbonyl (C=O) groups is 1. The standard InChI is InChI=1S/C16H18N2O2/c1-20-15-9-7-14(8-10-15)18(12-11-17)16(19)13-5-3-2-4-6-13/h2-10H,11-12,17H2,1H3. The zero-order valence-corrected chi connectivity index (χ0v) is 11.5. The molecule has 4 heteroatoms. The molecule has 0 aromatic heterocycles. The summed E-state index contributed by atoms with van der Waals surface area (Å²) in [6, 6.07) is 16.6. The molecule has 0 bridgehead atoms. The van der Waals surface area contributed by atoms with Crippen molar-refractivity contribution in [1.82, 2.24) is 0 Å². The molecule has 0 saturated carbocycles. The van der Waals surface area contributed by atoms with Crippen molar-refractivity contribution in [3.8, 4) is 5.75 Å². The number of ether oxygens (including phenoxy) is 1. The number of hydrogen-bond acceptors (Lipinski definition) is 3. The molecule has 0 aliphatic heterocycles. The highest BCUT2D eigenvalue weighted by Crippen LogP contribution is 2.20. The number of nitrogens with zero attached hydrogens (tertiary/aromatic N) is 1. The number of methoxy groups -OCH3 is 1. The molecule has 0 radical (unpaired) electrons. The van der Waals surface area contributed by atoms with Gasteiger partial charge in [0.05, 0.1) is 7.11 Å². The lowest BCUT2D eigenvalue weighted by Gasteiger charge is -2.22. The predicted molar refractivity (Wildman–Crippen MR) is 80.2 cm³/mol. The second-order valence-corrected chi connectivity index (χ2v) is 4.31. The van der Waals surface area contributed by atoms with Gasteiger partial charge >= 0.3 is 0 Å². The number of carbonyl (C=O) groups excluding carboxylic acids is 1. The SMILES string of the molecule is COc1ccc(N(CCN)C(=O)c2ccccc2)cc1. The van der Waals surface area contributed by atoms with Crippen LogP contribution in [-0.2, 0) is 0 Å². The second kappa shape index (κ2) is 6.73. The normalized spacial score (nSPS) is 10.1. The number of hydrogen-bond donors (Lipinski definition) is 1. The second-order valence-electron chi connectivity index (χ2n) is 4.31. The average Bonchev–Trinajstić information content (AvgIpc) is 2.53. The first-order valence-electron chi connectivity index (χ1n) is 6.47. The topological polar surface area (TPSA) is 55.6 Å². The van der Waals surface area contributed by atoms with Crippen molar-refractivity contribution in [1.29, 1.82) is 0 Å². The Morgan fingerprint density at radius 3 is 2.30 bits per heavy atom. The molecule has 0 fully saturated rings. The van der Waals surface area contributed by atoms with Crippen molar-refractivity contribution < 1.29 is 9.53 Å². The Hall–Kier alpha value is -2.33. The lowest BCUT2D eigenvalue weighted by molar-refractivity contribution is 0.0987. The first-order chi connectivity index (χ1) is 9.76. The maximum absolute atomic E-state index is 12.5. The molecule has 0 heterocycles. The third-order valence-electron chi connectivity index (χ3n) is 3.00. The molecular weight excluding hydrogens is 252 g/mol. The Bertz CT molecular complexity index is 552. The summed E-state index contributed by atoms with van der Waals surface area (Å²) in [5.41, 5.74) is 7.08. The fourth-order valence-corrected chi connectivity index (χ4v) is 1.98. The van der Waals surface area contributed by atoms with Crippen LogP contribution < -0.4 is 15.4 Å². The molecule has 2 N–H and O–H groups in total. The fourth-order valence-electron chi connectivity index (χ4n) is 1.98. The van der Waals surface area contributed by atoms with Gasteiger partial charge < -0.3 is 15.4 Å². The average molecular weight is 270 g/mol. The summed E-state index contributed by atoms with van der Waals surface area (Å²) in [6.45, 7) is 0.880. The summed E-state index contributed by atoms with van der Waals surface area (Å²) in [6.07, 6.45) is 0. The molecule has 0 aliphatic rings. The summed E-state index contributed by atoms with van der Waals surface area (Å²) in [4.78, 5) is 14.2. The van der Waals surface area contributed by atoms with Crippen molar-refractivity contribution in [3.05, 3.63) is 60.2 Å². The number of amides is 1. The van der Waals surface area contributed by atoms with E-state index < -0.39 is 0 Å². The van der Waals surface area contributed by atoms with E-state index in [1.54, 1.807) is 24.1 Å². The van der Waals surface area contributed by atoms with Crippen LogP contribution in [0.25, 0.3) is 0 Å². The zero-order valence-electron chi connectivity index (χ0n) is 11.5. The Labute approximate surface area is 118 Å². The van der Waals surface area contributed by atoms with Gasteiger partial charge in [0.1, 0.15) is 5.75 Å². The van der Waals surface area contributed by atoms with E-state index in [4.69, 9.17) is 10.5 Å². The molecule has 2 rings (SSSR count). The highest BCUT2D eigenvalue weighted by Gasteiger charge is 2.16. The van der Waals surface area contributed by atoms with Crippen LogP contribution in [0.5, 0.6) is 5.75 Å². The van der Waals surface area contributed by atoms with Crippen LogP contribution >= 0.6 is 0 Å². The number of benzene rings is 2. The molecule has 0 atom stereocenters. The Morgan fingerprint density at radius 1 is 1.10 bits per heavy atom. The van der Waals surface area contributed by atoms with Crippen LogP contribution in [0.2, 0.25) is 0 Å². The van der Waals surface area contributed by atoms with E-state index >= 15 is 0 Å². The van der Waals surface area contributed by atoms with Crippen molar-refractivity contribution in [2.24, 2.45) is 5.73 Å². The Morgan fingerprint density at radius 2 is 1.75 bits per heavy atom. The molecule has 2 aromatic rings. The smallest absolute Gasteiger partial charge is 0.258 e. The van der Waals surface area contributed by atoms with Gasteiger partial charge in [-0.3, -0.25) is 4.79 Å². The minimum absolute atomic E-state index is 0.0544. The first-order valence-corrected chi connectivity index (χ1v) is 6.47.